The summed E-state index contributed by atoms with van der Waals surface area (Å²) in [5.74, 6) is 0. The summed E-state index contributed by atoms with van der Waals surface area (Å²) in [5.41, 5.74) is 0.233. The molecule has 0 heterocycles. The molecule has 0 rings (SSSR count). The molecule has 0 bridgehead atoms. The highest BCUT2D eigenvalue weighted by atomic mass is 16.5. The van der Waals surface area contributed by atoms with Crippen LogP contribution in [0.2, 0.25) is 0 Å². The van der Waals surface area contributed by atoms with Gasteiger partial charge in [0.15, 0.2) is 0 Å². The van der Waals surface area contributed by atoms with Crippen molar-refractivity contribution < 1.29 is 9.84 Å². The van der Waals surface area contributed by atoms with E-state index in [0.29, 0.717) is 5.41 Å². The molecule has 2 N–H and O–H groups in total. The standard InChI is InChI=1S/C14H31NO2/c1-6-14(12-16,15-5)8-7-10-17-11-9-13(2,3)4/h15-16H,6-12H2,1-5H3. The summed E-state index contributed by atoms with van der Waals surface area (Å²) in [6, 6.07) is 0. The minimum atomic E-state index is -0.118. The highest BCUT2D eigenvalue weighted by Gasteiger charge is 2.24. The third-order valence-corrected chi connectivity index (χ3v) is 3.45. The number of hydrogen-bond donors (Lipinski definition) is 2. The molecular weight excluding hydrogens is 214 g/mol. The number of rotatable bonds is 9. The number of ether oxygens (including phenoxy) is 1. The minimum absolute atomic E-state index is 0.118. The molecule has 0 saturated heterocycles. The predicted octanol–water partition coefficient (Wildman–Crippen LogP) is 2.58. The van der Waals surface area contributed by atoms with Gasteiger partial charge in [0.1, 0.15) is 0 Å². The average molecular weight is 245 g/mol. The van der Waals surface area contributed by atoms with Crippen LogP contribution in [0, 0.1) is 5.41 Å². The summed E-state index contributed by atoms with van der Waals surface area (Å²) in [6.07, 6.45) is 4.01. The van der Waals surface area contributed by atoms with E-state index in [4.69, 9.17) is 4.74 Å². The van der Waals surface area contributed by atoms with E-state index in [1.165, 1.54) is 0 Å². The van der Waals surface area contributed by atoms with Crippen molar-refractivity contribution in [3.05, 3.63) is 0 Å². The molecule has 0 aromatic carbocycles. The Morgan fingerprint density at radius 2 is 1.76 bits per heavy atom. The quantitative estimate of drug-likeness (QED) is 0.614. The molecule has 0 aromatic heterocycles. The summed E-state index contributed by atoms with van der Waals surface area (Å²) in [6.45, 7) is 10.6. The molecule has 0 aliphatic carbocycles. The molecule has 0 aliphatic rings. The van der Waals surface area contributed by atoms with Crippen LogP contribution in [0.3, 0.4) is 0 Å². The fourth-order valence-electron chi connectivity index (χ4n) is 1.74. The molecule has 0 radical (unpaired) electrons. The number of likely N-dealkylation sites (N-methyl/N-ethyl adjacent to an activating group) is 1. The van der Waals surface area contributed by atoms with E-state index < -0.39 is 0 Å². The van der Waals surface area contributed by atoms with Gasteiger partial charge in [0, 0.05) is 18.8 Å². The molecule has 1 atom stereocenters. The number of aliphatic hydroxyl groups excluding tert-OH is 1. The van der Waals surface area contributed by atoms with Crippen LogP contribution in [0.5, 0.6) is 0 Å². The maximum atomic E-state index is 9.38. The monoisotopic (exact) mass is 245 g/mol. The lowest BCUT2D eigenvalue weighted by Gasteiger charge is -2.30. The molecular formula is C14H31NO2. The number of hydrogen-bond acceptors (Lipinski definition) is 3. The molecule has 1 unspecified atom stereocenters. The normalized spacial score (nSPS) is 15.9. The Bertz CT molecular complexity index is 175. The molecule has 0 saturated carbocycles. The van der Waals surface area contributed by atoms with Crippen LogP contribution in [-0.2, 0) is 4.74 Å². The first-order valence-electron chi connectivity index (χ1n) is 6.76. The summed E-state index contributed by atoms with van der Waals surface area (Å²) in [5, 5.41) is 12.6. The molecule has 0 spiro atoms. The first kappa shape index (κ1) is 16.9. The Morgan fingerprint density at radius 1 is 1.12 bits per heavy atom. The highest BCUT2D eigenvalue weighted by molar-refractivity contribution is 4.84. The van der Waals surface area contributed by atoms with E-state index in [2.05, 4.69) is 33.0 Å². The van der Waals surface area contributed by atoms with Crippen molar-refractivity contribution in [1.29, 1.82) is 0 Å². The summed E-state index contributed by atoms with van der Waals surface area (Å²) < 4.78 is 5.63. The van der Waals surface area contributed by atoms with Crippen molar-refractivity contribution in [3.63, 3.8) is 0 Å². The van der Waals surface area contributed by atoms with Crippen LogP contribution in [0.15, 0.2) is 0 Å². The molecule has 0 fully saturated rings. The second-order valence-electron chi connectivity index (χ2n) is 6.07. The van der Waals surface area contributed by atoms with Crippen molar-refractivity contribution in [1.82, 2.24) is 5.32 Å². The van der Waals surface area contributed by atoms with Gasteiger partial charge in [-0.3, -0.25) is 0 Å². The predicted molar refractivity (Wildman–Crippen MR) is 73.3 cm³/mol. The second-order valence-corrected chi connectivity index (χ2v) is 6.07. The van der Waals surface area contributed by atoms with Crippen LogP contribution >= 0.6 is 0 Å². The molecule has 3 nitrogen and oxygen atoms in total. The third kappa shape index (κ3) is 7.74. The lowest BCUT2D eigenvalue weighted by Crippen LogP contribution is -2.46. The third-order valence-electron chi connectivity index (χ3n) is 3.45. The maximum Gasteiger partial charge on any atom is 0.0613 e. The Hall–Kier alpha value is -0.120. The Balaban J connectivity index is 3.63. The first-order chi connectivity index (χ1) is 7.89. The van der Waals surface area contributed by atoms with Crippen LogP contribution < -0.4 is 5.32 Å². The number of aliphatic hydroxyl groups is 1. The number of nitrogens with one attached hydrogen (secondary N) is 1. The zero-order valence-corrected chi connectivity index (χ0v) is 12.3. The molecule has 17 heavy (non-hydrogen) atoms. The maximum absolute atomic E-state index is 9.38. The average Bonchev–Trinajstić information content (AvgIpc) is 2.28. The van der Waals surface area contributed by atoms with E-state index in [-0.39, 0.29) is 12.1 Å². The first-order valence-corrected chi connectivity index (χ1v) is 6.76. The van der Waals surface area contributed by atoms with E-state index in [9.17, 15) is 5.11 Å². The van der Waals surface area contributed by atoms with Gasteiger partial charge < -0.3 is 15.2 Å². The van der Waals surface area contributed by atoms with Crippen LogP contribution in [0.4, 0.5) is 0 Å². The smallest absolute Gasteiger partial charge is 0.0613 e. The minimum Gasteiger partial charge on any atom is -0.394 e. The van der Waals surface area contributed by atoms with Gasteiger partial charge in [0.25, 0.3) is 0 Å². The molecule has 0 aromatic rings. The summed E-state index contributed by atoms with van der Waals surface area (Å²) in [4.78, 5) is 0. The zero-order chi connectivity index (χ0) is 13.4. The Morgan fingerprint density at radius 3 is 2.18 bits per heavy atom. The lowest BCUT2D eigenvalue weighted by atomic mass is 9.91. The van der Waals surface area contributed by atoms with Gasteiger partial charge in [-0.05, 0) is 38.1 Å². The topological polar surface area (TPSA) is 41.5 Å². The van der Waals surface area contributed by atoms with Crippen LogP contribution in [-0.4, -0.2) is 37.5 Å². The second kappa shape index (κ2) is 8.06. The van der Waals surface area contributed by atoms with Crippen molar-refractivity contribution in [2.45, 2.75) is 58.9 Å². The zero-order valence-electron chi connectivity index (χ0n) is 12.3. The summed E-state index contributed by atoms with van der Waals surface area (Å²) >= 11 is 0. The van der Waals surface area contributed by atoms with Crippen molar-refractivity contribution in [3.8, 4) is 0 Å². The molecule has 0 aliphatic heterocycles. The fourth-order valence-corrected chi connectivity index (χ4v) is 1.74. The van der Waals surface area contributed by atoms with Crippen molar-refractivity contribution in [2.24, 2.45) is 5.41 Å². The van der Waals surface area contributed by atoms with Gasteiger partial charge in [-0.15, -0.1) is 0 Å². The van der Waals surface area contributed by atoms with Gasteiger partial charge in [-0.1, -0.05) is 27.7 Å². The van der Waals surface area contributed by atoms with Crippen LogP contribution in [0.1, 0.15) is 53.4 Å². The SMILES string of the molecule is CCC(CO)(CCCOCCC(C)(C)C)NC. The Kier molecular flexibility index (Phi) is 8.01. The highest BCUT2D eigenvalue weighted by Crippen LogP contribution is 2.19. The van der Waals surface area contributed by atoms with E-state index in [1.807, 2.05) is 7.05 Å². The van der Waals surface area contributed by atoms with Gasteiger partial charge in [-0.2, -0.15) is 0 Å². The van der Waals surface area contributed by atoms with Gasteiger partial charge >= 0.3 is 0 Å². The van der Waals surface area contributed by atoms with Crippen molar-refractivity contribution in [2.75, 3.05) is 26.9 Å². The lowest BCUT2D eigenvalue weighted by molar-refractivity contribution is 0.0899. The molecule has 104 valence electrons. The van der Waals surface area contributed by atoms with E-state index in [1.54, 1.807) is 0 Å². The van der Waals surface area contributed by atoms with Gasteiger partial charge in [-0.25, -0.2) is 0 Å². The summed E-state index contributed by atoms with van der Waals surface area (Å²) in [7, 11) is 1.92. The van der Waals surface area contributed by atoms with Crippen molar-refractivity contribution >= 4 is 0 Å². The largest absolute Gasteiger partial charge is 0.394 e. The fraction of sp³-hybridized carbons (Fsp3) is 1.00. The van der Waals surface area contributed by atoms with Crippen LogP contribution in [0.25, 0.3) is 0 Å². The molecule has 0 amide bonds. The van der Waals surface area contributed by atoms with Gasteiger partial charge in [0.05, 0.1) is 6.61 Å². The molecule has 3 heteroatoms. The Labute approximate surface area is 107 Å². The van der Waals surface area contributed by atoms with E-state index >= 15 is 0 Å². The van der Waals surface area contributed by atoms with Gasteiger partial charge in [0.2, 0.25) is 0 Å². The van der Waals surface area contributed by atoms with E-state index in [0.717, 1.165) is 38.9 Å².